The van der Waals surface area contributed by atoms with Crippen LogP contribution in [0.2, 0.25) is 15.1 Å². The molecule has 1 heterocycles. The van der Waals surface area contributed by atoms with Gasteiger partial charge in [0.15, 0.2) is 0 Å². The van der Waals surface area contributed by atoms with Gasteiger partial charge in [0.05, 0.1) is 16.6 Å². The van der Waals surface area contributed by atoms with Crippen molar-refractivity contribution in [2.24, 2.45) is 5.92 Å². The van der Waals surface area contributed by atoms with Crippen LogP contribution in [-0.2, 0) is 9.59 Å². The van der Waals surface area contributed by atoms with Crippen molar-refractivity contribution >= 4 is 58.2 Å². The SMILES string of the molecule is CN(CC(=O)Nc1ccc(Cl)c(Cl)c1)C(=O)C1CCN(C(=O)c2ccc(Cl)cc2)CC1. The van der Waals surface area contributed by atoms with E-state index in [-0.39, 0.29) is 30.2 Å². The quantitative estimate of drug-likeness (QED) is 0.677. The Morgan fingerprint density at radius 1 is 1.00 bits per heavy atom. The number of hydrogen-bond donors (Lipinski definition) is 1. The first-order valence-corrected chi connectivity index (χ1v) is 10.9. The largest absolute Gasteiger partial charge is 0.339 e. The van der Waals surface area contributed by atoms with Gasteiger partial charge in [-0.05, 0) is 55.3 Å². The van der Waals surface area contributed by atoms with Gasteiger partial charge >= 0.3 is 0 Å². The van der Waals surface area contributed by atoms with Gasteiger partial charge in [-0.2, -0.15) is 0 Å². The number of likely N-dealkylation sites (tertiary alicyclic amines) is 1. The predicted molar refractivity (Wildman–Crippen MR) is 123 cm³/mol. The highest BCUT2D eigenvalue weighted by Crippen LogP contribution is 2.25. The predicted octanol–water partition coefficient (Wildman–Crippen LogP) is 4.60. The Bertz CT molecular complexity index is 974. The van der Waals surface area contributed by atoms with Gasteiger partial charge in [0.25, 0.3) is 5.91 Å². The average molecular weight is 483 g/mol. The van der Waals surface area contributed by atoms with Crippen LogP contribution in [0.4, 0.5) is 5.69 Å². The maximum absolute atomic E-state index is 12.8. The van der Waals surface area contributed by atoms with Crippen LogP contribution >= 0.6 is 34.8 Å². The van der Waals surface area contributed by atoms with Gasteiger partial charge in [-0.1, -0.05) is 34.8 Å². The molecule has 164 valence electrons. The maximum atomic E-state index is 12.8. The third-order valence-electron chi connectivity index (χ3n) is 5.18. The topological polar surface area (TPSA) is 69.7 Å². The van der Waals surface area contributed by atoms with Gasteiger partial charge in [-0.25, -0.2) is 0 Å². The van der Waals surface area contributed by atoms with Crippen molar-refractivity contribution < 1.29 is 14.4 Å². The van der Waals surface area contributed by atoms with Crippen LogP contribution in [0.3, 0.4) is 0 Å². The van der Waals surface area contributed by atoms with Crippen LogP contribution in [-0.4, -0.2) is 54.2 Å². The first kappa shape index (κ1) is 23.4. The molecule has 1 aliphatic rings. The number of amides is 3. The monoisotopic (exact) mass is 481 g/mol. The Morgan fingerprint density at radius 3 is 2.26 bits per heavy atom. The van der Waals surface area contributed by atoms with Crippen molar-refractivity contribution in [2.75, 3.05) is 32.0 Å². The lowest BCUT2D eigenvalue weighted by atomic mass is 9.95. The summed E-state index contributed by atoms with van der Waals surface area (Å²) < 4.78 is 0. The van der Waals surface area contributed by atoms with Crippen molar-refractivity contribution in [3.8, 4) is 0 Å². The Kier molecular flexibility index (Phi) is 7.81. The lowest BCUT2D eigenvalue weighted by Gasteiger charge is -2.33. The number of nitrogens with zero attached hydrogens (tertiary/aromatic N) is 2. The van der Waals surface area contributed by atoms with Crippen LogP contribution < -0.4 is 5.32 Å². The molecular formula is C22H22Cl3N3O3. The summed E-state index contributed by atoms with van der Waals surface area (Å²) in [6.07, 6.45) is 1.10. The number of carbonyl (C=O) groups excluding carboxylic acids is 3. The molecule has 0 saturated carbocycles. The van der Waals surface area contributed by atoms with E-state index in [1.165, 1.54) is 4.90 Å². The summed E-state index contributed by atoms with van der Waals surface area (Å²) >= 11 is 17.7. The Balaban J connectivity index is 1.49. The Morgan fingerprint density at radius 2 is 1.65 bits per heavy atom. The number of nitrogens with one attached hydrogen (secondary N) is 1. The molecule has 3 amide bonds. The van der Waals surface area contributed by atoms with E-state index in [1.54, 1.807) is 54.4 Å². The van der Waals surface area contributed by atoms with Crippen molar-refractivity contribution in [3.63, 3.8) is 0 Å². The second-order valence-corrected chi connectivity index (χ2v) is 8.70. The molecule has 0 aromatic heterocycles. The Hall–Kier alpha value is -2.28. The van der Waals surface area contributed by atoms with Gasteiger partial charge in [0.1, 0.15) is 0 Å². The molecule has 6 nitrogen and oxygen atoms in total. The van der Waals surface area contributed by atoms with Gasteiger partial charge in [0, 0.05) is 42.3 Å². The fourth-order valence-corrected chi connectivity index (χ4v) is 3.91. The molecule has 1 N–H and O–H groups in total. The molecule has 3 rings (SSSR count). The molecule has 0 radical (unpaired) electrons. The number of anilines is 1. The zero-order valence-electron chi connectivity index (χ0n) is 16.9. The van der Waals surface area contributed by atoms with Gasteiger partial charge in [-0.3, -0.25) is 14.4 Å². The molecule has 1 aliphatic heterocycles. The van der Waals surface area contributed by atoms with E-state index in [1.807, 2.05) is 0 Å². The average Bonchev–Trinajstić information content (AvgIpc) is 2.76. The second kappa shape index (κ2) is 10.4. The zero-order valence-corrected chi connectivity index (χ0v) is 19.2. The smallest absolute Gasteiger partial charge is 0.253 e. The number of halogens is 3. The van der Waals surface area contributed by atoms with Crippen LogP contribution in [0, 0.1) is 5.92 Å². The summed E-state index contributed by atoms with van der Waals surface area (Å²) in [5, 5.41) is 4.01. The molecule has 1 fully saturated rings. The molecular weight excluding hydrogens is 461 g/mol. The van der Waals surface area contributed by atoms with Crippen LogP contribution in [0.1, 0.15) is 23.2 Å². The number of likely N-dealkylation sites (N-methyl/N-ethyl adjacent to an activating group) is 1. The highest BCUT2D eigenvalue weighted by atomic mass is 35.5. The number of benzene rings is 2. The minimum absolute atomic E-state index is 0.0723. The molecule has 9 heteroatoms. The summed E-state index contributed by atoms with van der Waals surface area (Å²) in [6.45, 7) is 0.894. The highest BCUT2D eigenvalue weighted by molar-refractivity contribution is 6.42. The summed E-state index contributed by atoms with van der Waals surface area (Å²) in [7, 11) is 1.60. The van der Waals surface area contributed by atoms with Crippen molar-refractivity contribution in [1.29, 1.82) is 0 Å². The molecule has 31 heavy (non-hydrogen) atoms. The van der Waals surface area contributed by atoms with E-state index in [0.717, 1.165) is 0 Å². The molecule has 1 saturated heterocycles. The van der Waals surface area contributed by atoms with E-state index in [4.69, 9.17) is 34.8 Å². The van der Waals surface area contributed by atoms with E-state index >= 15 is 0 Å². The van der Waals surface area contributed by atoms with Crippen LogP contribution in [0.5, 0.6) is 0 Å². The molecule has 2 aromatic rings. The van der Waals surface area contributed by atoms with Gasteiger partial charge in [-0.15, -0.1) is 0 Å². The molecule has 0 bridgehead atoms. The standard InChI is InChI=1S/C22H22Cl3N3O3/c1-27(13-20(29)26-17-6-7-18(24)19(25)12-17)21(30)15-8-10-28(11-9-15)22(31)14-2-4-16(23)5-3-14/h2-7,12,15H,8-11,13H2,1H3,(H,26,29). The fraction of sp³-hybridized carbons (Fsp3) is 0.318. The molecule has 0 unspecified atom stereocenters. The lowest BCUT2D eigenvalue weighted by molar-refractivity contribution is -0.138. The normalized spacial score (nSPS) is 14.3. The fourth-order valence-electron chi connectivity index (χ4n) is 3.48. The minimum atomic E-state index is -0.329. The summed E-state index contributed by atoms with van der Waals surface area (Å²) in [6, 6.07) is 11.5. The van der Waals surface area contributed by atoms with Gasteiger partial charge < -0.3 is 15.1 Å². The number of piperidine rings is 1. The maximum Gasteiger partial charge on any atom is 0.253 e. The van der Waals surface area contributed by atoms with Crippen LogP contribution in [0.25, 0.3) is 0 Å². The summed E-state index contributed by atoms with van der Waals surface area (Å²) in [5.74, 6) is -0.735. The molecule has 2 aromatic carbocycles. The minimum Gasteiger partial charge on any atom is -0.339 e. The van der Waals surface area contributed by atoms with Crippen LogP contribution in [0.15, 0.2) is 42.5 Å². The van der Waals surface area contributed by atoms with Crippen molar-refractivity contribution in [1.82, 2.24) is 9.80 Å². The van der Waals surface area contributed by atoms with E-state index in [0.29, 0.717) is 52.2 Å². The molecule has 0 aliphatic carbocycles. The van der Waals surface area contributed by atoms with Crippen molar-refractivity contribution in [2.45, 2.75) is 12.8 Å². The van der Waals surface area contributed by atoms with Crippen molar-refractivity contribution in [3.05, 3.63) is 63.1 Å². The summed E-state index contributed by atoms with van der Waals surface area (Å²) in [4.78, 5) is 40.8. The number of hydrogen-bond acceptors (Lipinski definition) is 3. The third-order valence-corrected chi connectivity index (χ3v) is 6.17. The van der Waals surface area contributed by atoms with E-state index in [2.05, 4.69) is 5.32 Å². The number of rotatable bonds is 5. The highest BCUT2D eigenvalue weighted by Gasteiger charge is 2.30. The Labute approximate surface area is 196 Å². The van der Waals surface area contributed by atoms with E-state index in [9.17, 15) is 14.4 Å². The zero-order chi connectivity index (χ0) is 22.5. The molecule has 0 spiro atoms. The number of carbonyl (C=O) groups is 3. The first-order chi connectivity index (χ1) is 14.7. The third kappa shape index (κ3) is 6.12. The van der Waals surface area contributed by atoms with E-state index < -0.39 is 0 Å². The first-order valence-electron chi connectivity index (χ1n) is 9.79. The lowest BCUT2D eigenvalue weighted by Crippen LogP contribution is -2.45. The summed E-state index contributed by atoms with van der Waals surface area (Å²) in [5.41, 5.74) is 1.08. The molecule has 0 atom stereocenters. The van der Waals surface area contributed by atoms with Gasteiger partial charge in [0.2, 0.25) is 11.8 Å². The second-order valence-electron chi connectivity index (χ2n) is 7.44.